The molecule has 3 atom stereocenters. The fourth-order valence-corrected chi connectivity index (χ4v) is 3.28. The van der Waals surface area contributed by atoms with Gasteiger partial charge in [0.05, 0.1) is 10.4 Å². The van der Waals surface area contributed by atoms with Gasteiger partial charge >= 0.3 is 5.97 Å². The third kappa shape index (κ3) is 2.92. The van der Waals surface area contributed by atoms with Crippen molar-refractivity contribution in [1.29, 1.82) is 0 Å². The molecule has 0 spiro atoms. The van der Waals surface area contributed by atoms with Gasteiger partial charge < -0.3 is 5.11 Å². The van der Waals surface area contributed by atoms with Crippen molar-refractivity contribution in [2.24, 2.45) is 17.8 Å². The average molecular weight is 343 g/mol. The van der Waals surface area contributed by atoms with E-state index in [0.29, 0.717) is 18.4 Å². The molecule has 3 nitrogen and oxygen atoms in total. The second-order valence-corrected chi connectivity index (χ2v) is 6.14. The van der Waals surface area contributed by atoms with Crippen molar-refractivity contribution in [3.8, 4) is 0 Å². The van der Waals surface area contributed by atoms with E-state index in [0.717, 1.165) is 6.42 Å². The van der Waals surface area contributed by atoms with Gasteiger partial charge in [-0.05, 0) is 52.9 Å². The highest BCUT2D eigenvalue weighted by atomic mass is 79.9. The molecule has 1 aromatic rings. The van der Waals surface area contributed by atoms with E-state index in [9.17, 15) is 19.1 Å². The van der Waals surface area contributed by atoms with Crippen molar-refractivity contribution in [1.82, 2.24) is 0 Å². The van der Waals surface area contributed by atoms with Crippen molar-refractivity contribution in [3.63, 3.8) is 0 Å². The number of carboxylic acids is 1. The van der Waals surface area contributed by atoms with Crippen LogP contribution < -0.4 is 0 Å². The lowest BCUT2D eigenvalue weighted by molar-refractivity contribution is -0.142. The number of aliphatic carboxylic acids is 1. The first-order valence-electron chi connectivity index (χ1n) is 6.66. The lowest BCUT2D eigenvalue weighted by Crippen LogP contribution is -2.25. The van der Waals surface area contributed by atoms with Gasteiger partial charge in [-0.2, -0.15) is 0 Å². The van der Waals surface area contributed by atoms with Gasteiger partial charge in [0.1, 0.15) is 5.82 Å². The summed E-state index contributed by atoms with van der Waals surface area (Å²) < 4.78 is 13.4. The Kier molecular flexibility index (Phi) is 4.58. The number of carboxylic acid groups (broad SMARTS) is 1. The van der Waals surface area contributed by atoms with E-state index in [-0.39, 0.29) is 16.2 Å². The molecule has 0 saturated heterocycles. The van der Waals surface area contributed by atoms with E-state index in [1.807, 2.05) is 6.92 Å². The van der Waals surface area contributed by atoms with Gasteiger partial charge in [-0.3, -0.25) is 9.59 Å². The summed E-state index contributed by atoms with van der Waals surface area (Å²) in [7, 11) is 0. The smallest absolute Gasteiger partial charge is 0.307 e. The summed E-state index contributed by atoms with van der Waals surface area (Å²) >= 11 is 3.05. The van der Waals surface area contributed by atoms with E-state index in [2.05, 4.69) is 15.9 Å². The highest BCUT2D eigenvalue weighted by Crippen LogP contribution is 2.40. The van der Waals surface area contributed by atoms with Gasteiger partial charge in [-0.1, -0.05) is 13.3 Å². The Morgan fingerprint density at radius 1 is 1.35 bits per heavy atom. The largest absolute Gasteiger partial charge is 0.481 e. The Bertz CT molecular complexity index is 544. The van der Waals surface area contributed by atoms with Crippen molar-refractivity contribution in [3.05, 3.63) is 34.1 Å². The van der Waals surface area contributed by atoms with Crippen LogP contribution in [0.2, 0.25) is 0 Å². The van der Waals surface area contributed by atoms with Crippen LogP contribution in [0.5, 0.6) is 0 Å². The number of hydrogen-bond acceptors (Lipinski definition) is 2. The monoisotopic (exact) mass is 342 g/mol. The topological polar surface area (TPSA) is 54.4 Å². The molecule has 108 valence electrons. The minimum Gasteiger partial charge on any atom is -0.481 e. The van der Waals surface area contributed by atoms with E-state index < -0.39 is 23.6 Å². The Morgan fingerprint density at radius 2 is 2.00 bits per heavy atom. The molecular weight excluding hydrogens is 327 g/mol. The molecule has 1 aromatic carbocycles. The molecule has 0 bridgehead atoms. The van der Waals surface area contributed by atoms with Crippen LogP contribution in [0.25, 0.3) is 0 Å². The van der Waals surface area contributed by atoms with Crippen LogP contribution in [-0.2, 0) is 4.79 Å². The molecule has 3 unspecified atom stereocenters. The quantitative estimate of drug-likeness (QED) is 0.844. The van der Waals surface area contributed by atoms with E-state index in [1.165, 1.54) is 18.2 Å². The fraction of sp³-hybridized carbons (Fsp3) is 0.467. The first kappa shape index (κ1) is 15.2. The highest BCUT2D eigenvalue weighted by Gasteiger charge is 2.42. The standard InChI is InChI=1S/C15H16BrFO3/c1-2-8-5-10(11(6-8)15(19)20)14(18)9-3-4-13(17)12(16)7-9/h3-4,7-8,10-11H,2,5-6H2,1H3,(H,19,20). The molecule has 1 saturated carbocycles. The van der Waals surface area contributed by atoms with Crippen LogP contribution in [0.1, 0.15) is 36.5 Å². The SMILES string of the molecule is CCC1CC(C(=O)O)C(C(=O)c2ccc(F)c(Br)c2)C1. The maximum absolute atomic E-state index is 13.2. The molecule has 0 heterocycles. The Morgan fingerprint density at radius 3 is 2.55 bits per heavy atom. The lowest BCUT2D eigenvalue weighted by atomic mass is 9.88. The van der Waals surface area contributed by atoms with Crippen molar-refractivity contribution >= 4 is 27.7 Å². The number of carbonyl (C=O) groups excluding carboxylic acids is 1. The van der Waals surface area contributed by atoms with Crippen LogP contribution in [-0.4, -0.2) is 16.9 Å². The van der Waals surface area contributed by atoms with E-state index in [4.69, 9.17) is 0 Å². The van der Waals surface area contributed by atoms with Gasteiger partial charge in [-0.25, -0.2) is 4.39 Å². The molecule has 0 amide bonds. The molecule has 5 heteroatoms. The van der Waals surface area contributed by atoms with E-state index >= 15 is 0 Å². The second-order valence-electron chi connectivity index (χ2n) is 5.29. The number of ketones is 1. The molecule has 0 aliphatic heterocycles. The number of hydrogen-bond donors (Lipinski definition) is 1. The van der Waals surface area contributed by atoms with Crippen LogP contribution in [0.3, 0.4) is 0 Å². The zero-order valence-electron chi connectivity index (χ0n) is 11.1. The van der Waals surface area contributed by atoms with Crippen molar-refractivity contribution < 1.29 is 19.1 Å². The minimum absolute atomic E-state index is 0.200. The molecule has 1 aliphatic carbocycles. The maximum atomic E-state index is 13.2. The van der Waals surface area contributed by atoms with Crippen molar-refractivity contribution in [2.75, 3.05) is 0 Å². The van der Waals surface area contributed by atoms with Crippen molar-refractivity contribution in [2.45, 2.75) is 26.2 Å². The van der Waals surface area contributed by atoms with Gasteiger partial charge in [-0.15, -0.1) is 0 Å². The summed E-state index contributed by atoms with van der Waals surface area (Å²) in [5.41, 5.74) is 0.367. The van der Waals surface area contributed by atoms with E-state index in [1.54, 1.807) is 0 Å². The lowest BCUT2D eigenvalue weighted by Gasteiger charge is -2.14. The molecule has 1 N–H and O–H groups in total. The summed E-state index contributed by atoms with van der Waals surface area (Å²) in [4.78, 5) is 23.8. The number of benzene rings is 1. The highest BCUT2D eigenvalue weighted by molar-refractivity contribution is 9.10. The summed E-state index contributed by atoms with van der Waals surface area (Å²) in [5.74, 6) is -2.41. The number of halogens is 2. The Hall–Kier alpha value is -1.23. The molecule has 20 heavy (non-hydrogen) atoms. The average Bonchev–Trinajstić information content (AvgIpc) is 2.85. The first-order valence-corrected chi connectivity index (χ1v) is 7.45. The maximum Gasteiger partial charge on any atom is 0.307 e. The van der Waals surface area contributed by atoms with Crippen LogP contribution in [0, 0.1) is 23.6 Å². The Labute approximate surface area is 125 Å². The summed E-state index contributed by atoms with van der Waals surface area (Å²) in [6.45, 7) is 2.00. The van der Waals surface area contributed by atoms with Gasteiger partial charge in [0.15, 0.2) is 5.78 Å². The van der Waals surface area contributed by atoms with Crippen LogP contribution in [0.15, 0.2) is 22.7 Å². The van der Waals surface area contributed by atoms with Crippen LogP contribution >= 0.6 is 15.9 Å². The number of carbonyl (C=O) groups is 2. The molecular formula is C15H16BrFO3. The fourth-order valence-electron chi connectivity index (χ4n) is 2.90. The van der Waals surface area contributed by atoms with Crippen LogP contribution in [0.4, 0.5) is 4.39 Å². The number of Topliss-reactive ketones (excluding diaryl/α,β-unsaturated/α-hetero) is 1. The van der Waals surface area contributed by atoms with Gasteiger partial charge in [0, 0.05) is 11.5 Å². The third-order valence-electron chi connectivity index (χ3n) is 4.10. The van der Waals surface area contributed by atoms with Gasteiger partial charge in [0.2, 0.25) is 0 Å². The second kappa shape index (κ2) is 6.04. The zero-order valence-corrected chi connectivity index (χ0v) is 12.7. The zero-order chi connectivity index (χ0) is 14.9. The molecule has 0 radical (unpaired) electrons. The molecule has 0 aromatic heterocycles. The summed E-state index contributed by atoms with van der Waals surface area (Å²) in [6.07, 6.45) is 2.02. The minimum atomic E-state index is -0.916. The predicted octanol–water partition coefficient (Wildman–Crippen LogP) is 3.91. The Balaban J connectivity index is 2.26. The molecule has 2 rings (SSSR count). The molecule has 1 fully saturated rings. The first-order chi connectivity index (χ1) is 9.43. The third-order valence-corrected chi connectivity index (χ3v) is 4.70. The number of rotatable bonds is 4. The summed E-state index contributed by atoms with van der Waals surface area (Å²) in [5, 5.41) is 9.27. The normalized spacial score (nSPS) is 25.6. The predicted molar refractivity (Wildman–Crippen MR) is 76.1 cm³/mol. The summed E-state index contributed by atoms with van der Waals surface area (Å²) in [6, 6.07) is 4.07. The van der Waals surface area contributed by atoms with Gasteiger partial charge in [0.25, 0.3) is 0 Å². The molecule has 1 aliphatic rings.